The molecular weight excluding hydrogens is 422 g/mol. The molecule has 172 valence electrons. The zero-order valence-electron chi connectivity index (χ0n) is 19.3. The Kier molecular flexibility index (Phi) is 5.37. The zero-order chi connectivity index (χ0) is 23.3. The Morgan fingerprint density at radius 3 is 2.55 bits per heavy atom. The van der Waals surface area contributed by atoms with Gasteiger partial charge in [0, 0.05) is 13.2 Å². The molecule has 7 nitrogen and oxygen atoms in total. The normalized spacial score (nSPS) is 19.9. The van der Waals surface area contributed by atoms with Crippen LogP contribution in [0.4, 0.5) is 0 Å². The van der Waals surface area contributed by atoms with Gasteiger partial charge in [0.25, 0.3) is 5.91 Å². The quantitative estimate of drug-likeness (QED) is 0.582. The highest BCUT2D eigenvalue weighted by atomic mass is 16.5. The molecule has 0 aliphatic carbocycles. The van der Waals surface area contributed by atoms with Gasteiger partial charge in [-0.15, -0.1) is 0 Å². The van der Waals surface area contributed by atoms with Crippen molar-refractivity contribution in [1.29, 1.82) is 0 Å². The summed E-state index contributed by atoms with van der Waals surface area (Å²) in [6, 6.07) is 8.64. The molecule has 1 aromatic heterocycles. The molecule has 0 unspecified atom stereocenters. The van der Waals surface area contributed by atoms with Crippen LogP contribution in [0.2, 0.25) is 0 Å². The van der Waals surface area contributed by atoms with E-state index in [1.54, 1.807) is 25.2 Å². The van der Waals surface area contributed by atoms with Crippen LogP contribution in [0, 0.1) is 13.8 Å². The maximum Gasteiger partial charge on any atom is 0.291 e. The Hall–Kier alpha value is -3.32. The second-order valence-corrected chi connectivity index (χ2v) is 8.74. The molecule has 2 atom stereocenters. The van der Waals surface area contributed by atoms with Crippen LogP contribution in [0.15, 0.2) is 39.5 Å². The van der Waals surface area contributed by atoms with Crippen LogP contribution < -0.4 is 14.9 Å². The summed E-state index contributed by atoms with van der Waals surface area (Å²) in [7, 11) is 3.13. The summed E-state index contributed by atoms with van der Waals surface area (Å²) in [4.78, 5) is 29.1. The second-order valence-electron chi connectivity index (χ2n) is 8.74. The van der Waals surface area contributed by atoms with Crippen LogP contribution >= 0.6 is 0 Å². The molecular formula is C26H27NO6. The topological polar surface area (TPSA) is 78.2 Å². The summed E-state index contributed by atoms with van der Waals surface area (Å²) < 4.78 is 22.8. The number of methoxy groups -OCH3 is 2. The van der Waals surface area contributed by atoms with Gasteiger partial charge >= 0.3 is 0 Å². The van der Waals surface area contributed by atoms with Gasteiger partial charge in [0.2, 0.25) is 5.76 Å². The molecule has 0 N–H and O–H groups in total. The lowest BCUT2D eigenvalue weighted by Crippen LogP contribution is -2.36. The summed E-state index contributed by atoms with van der Waals surface area (Å²) >= 11 is 0. The van der Waals surface area contributed by atoms with E-state index in [-0.39, 0.29) is 23.2 Å². The number of benzene rings is 2. The Morgan fingerprint density at radius 1 is 1.06 bits per heavy atom. The maximum atomic E-state index is 13.8. The van der Waals surface area contributed by atoms with E-state index in [0.717, 1.165) is 29.5 Å². The fourth-order valence-corrected chi connectivity index (χ4v) is 5.08. The van der Waals surface area contributed by atoms with E-state index < -0.39 is 6.04 Å². The summed E-state index contributed by atoms with van der Waals surface area (Å²) in [6.07, 6.45) is 1.76. The van der Waals surface area contributed by atoms with Gasteiger partial charge in [-0.1, -0.05) is 12.1 Å². The fraction of sp³-hybridized carbons (Fsp3) is 0.385. The van der Waals surface area contributed by atoms with E-state index in [2.05, 4.69) is 0 Å². The lowest BCUT2D eigenvalue weighted by molar-refractivity contribution is 0.0486. The van der Waals surface area contributed by atoms with Crippen LogP contribution in [-0.2, 0) is 4.74 Å². The first-order valence-electron chi connectivity index (χ1n) is 11.2. The fourth-order valence-electron chi connectivity index (χ4n) is 5.08. The largest absolute Gasteiger partial charge is 0.493 e. The van der Waals surface area contributed by atoms with E-state index in [1.165, 1.54) is 0 Å². The third-order valence-corrected chi connectivity index (χ3v) is 6.56. The van der Waals surface area contributed by atoms with E-state index in [4.69, 9.17) is 18.6 Å². The molecule has 7 heteroatoms. The average Bonchev–Trinajstić information content (AvgIpc) is 3.40. The van der Waals surface area contributed by atoms with Gasteiger partial charge in [-0.3, -0.25) is 9.59 Å². The zero-order valence-corrected chi connectivity index (χ0v) is 19.3. The number of fused-ring (bicyclic) bond motifs is 2. The van der Waals surface area contributed by atoms with Gasteiger partial charge in [0.15, 0.2) is 16.9 Å². The van der Waals surface area contributed by atoms with E-state index in [1.807, 2.05) is 38.1 Å². The van der Waals surface area contributed by atoms with Crippen LogP contribution in [0.25, 0.3) is 11.0 Å². The highest BCUT2D eigenvalue weighted by Crippen LogP contribution is 2.41. The van der Waals surface area contributed by atoms with E-state index in [0.29, 0.717) is 41.2 Å². The van der Waals surface area contributed by atoms with Gasteiger partial charge < -0.3 is 23.5 Å². The molecule has 33 heavy (non-hydrogen) atoms. The molecule has 0 saturated carbocycles. The van der Waals surface area contributed by atoms with Crippen molar-refractivity contribution >= 4 is 16.9 Å². The average molecular weight is 450 g/mol. The molecule has 1 fully saturated rings. The lowest BCUT2D eigenvalue weighted by atomic mass is 9.96. The monoisotopic (exact) mass is 449 g/mol. The number of amides is 1. The third kappa shape index (κ3) is 3.47. The lowest BCUT2D eigenvalue weighted by Gasteiger charge is -2.27. The van der Waals surface area contributed by atoms with Crippen molar-refractivity contribution in [2.45, 2.75) is 38.8 Å². The molecule has 0 spiro atoms. The number of ether oxygens (including phenoxy) is 3. The first-order valence-corrected chi connectivity index (χ1v) is 11.2. The minimum atomic E-state index is -0.599. The molecule has 2 aromatic carbocycles. The van der Waals surface area contributed by atoms with Gasteiger partial charge in [0.1, 0.15) is 5.58 Å². The number of carbonyl (C=O) groups excluding carboxylic acids is 1. The molecule has 3 aromatic rings. The van der Waals surface area contributed by atoms with Crippen LogP contribution in [-0.4, -0.2) is 44.3 Å². The molecule has 0 bridgehead atoms. The number of hydrogen-bond donors (Lipinski definition) is 0. The van der Waals surface area contributed by atoms with Crippen LogP contribution in [0.1, 0.15) is 51.7 Å². The molecule has 2 aliphatic rings. The molecule has 3 heterocycles. The van der Waals surface area contributed by atoms with Gasteiger partial charge in [-0.25, -0.2) is 0 Å². The summed E-state index contributed by atoms with van der Waals surface area (Å²) in [5, 5.41) is 0.511. The summed E-state index contributed by atoms with van der Waals surface area (Å²) in [6.45, 7) is 4.90. The predicted octanol–water partition coefficient (Wildman–Crippen LogP) is 4.15. The van der Waals surface area contributed by atoms with Crippen molar-refractivity contribution in [2.24, 2.45) is 0 Å². The Balaban J connectivity index is 1.73. The summed E-state index contributed by atoms with van der Waals surface area (Å²) in [5.74, 6) is 0.923. The first kappa shape index (κ1) is 21.5. The first-order chi connectivity index (χ1) is 15.9. The van der Waals surface area contributed by atoms with Crippen molar-refractivity contribution in [3.8, 4) is 11.5 Å². The van der Waals surface area contributed by atoms with E-state index >= 15 is 0 Å². The molecule has 2 aliphatic heterocycles. The Labute approximate surface area is 191 Å². The van der Waals surface area contributed by atoms with Crippen LogP contribution in [0.5, 0.6) is 11.5 Å². The highest BCUT2D eigenvalue weighted by molar-refractivity contribution is 5.99. The van der Waals surface area contributed by atoms with Gasteiger partial charge in [0.05, 0.1) is 37.3 Å². The number of rotatable bonds is 5. The number of aryl methyl sites for hydroxylation is 2. The molecule has 5 rings (SSSR count). The number of hydrogen-bond acceptors (Lipinski definition) is 6. The van der Waals surface area contributed by atoms with Crippen molar-refractivity contribution in [3.05, 3.63) is 68.6 Å². The van der Waals surface area contributed by atoms with Crippen LogP contribution in [0.3, 0.4) is 0 Å². The Bertz CT molecular complexity index is 1300. The second kappa shape index (κ2) is 8.23. The standard InChI is InChI=1S/C26H27NO6/c1-14-10-15(2)21-20(11-14)33-25-22(24(21)28)23(16-7-8-18(30-3)19(12-16)31-4)27(26(25)29)13-17-6-5-9-32-17/h7-8,10-12,17,23H,5-6,9,13H2,1-4H3/t17-,23+/m0/s1. The maximum absolute atomic E-state index is 13.8. The van der Waals surface area contributed by atoms with Gasteiger partial charge in [-0.05, 0) is 61.6 Å². The minimum Gasteiger partial charge on any atom is -0.493 e. The van der Waals surface area contributed by atoms with Crippen molar-refractivity contribution in [1.82, 2.24) is 4.90 Å². The van der Waals surface area contributed by atoms with Gasteiger partial charge in [-0.2, -0.15) is 0 Å². The minimum absolute atomic E-state index is 0.0700. The smallest absolute Gasteiger partial charge is 0.291 e. The highest BCUT2D eigenvalue weighted by Gasteiger charge is 2.44. The van der Waals surface area contributed by atoms with E-state index in [9.17, 15) is 9.59 Å². The van der Waals surface area contributed by atoms with Crippen molar-refractivity contribution in [3.63, 3.8) is 0 Å². The van der Waals surface area contributed by atoms with Crippen molar-refractivity contribution in [2.75, 3.05) is 27.4 Å². The molecule has 1 amide bonds. The number of carbonyl (C=O) groups is 1. The number of nitrogens with zero attached hydrogens (tertiary/aromatic N) is 1. The third-order valence-electron chi connectivity index (χ3n) is 6.56. The molecule has 1 saturated heterocycles. The SMILES string of the molecule is COc1ccc([C@@H]2c3c(oc4cc(C)cc(C)c4c3=O)C(=O)N2C[C@@H]2CCCO2)cc1OC. The Morgan fingerprint density at radius 2 is 1.85 bits per heavy atom. The predicted molar refractivity (Wildman–Crippen MR) is 123 cm³/mol. The summed E-state index contributed by atoms with van der Waals surface area (Å²) in [5.41, 5.74) is 3.19. The molecule has 0 radical (unpaired) electrons. The van der Waals surface area contributed by atoms with Crippen molar-refractivity contribution < 1.29 is 23.4 Å².